The molecule has 1 aromatic carbocycles. The van der Waals surface area contributed by atoms with Gasteiger partial charge in [0.05, 0.1) is 12.7 Å². The molecule has 1 atom stereocenters. The third-order valence-electron chi connectivity index (χ3n) is 2.76. The Labute approximate surface area is 117 Å². The zero-order valence-corrected chi connectivity index (χ0v) is 11.5. The lowest BCUT2D eigenvalue weighted by Crippen LogP contribution is -2.28. The van der Waals surface area contributed by atoms with E-state index in [2.05, 4.69) is 15.6 Å². The molecule has 6 nitrogen and oxygen atoms in total. The first kappa shape index (κ1) is 14.1. The van der Waals surface area contributed by atoms with Crippen molar-refractivity contribution in [1.29, 1.82) is 0 Å². The summed E-state index contributed by atoms with van der Waals surface area (Å²) in [7, 11) is 0. The van der Waals surface area contributed by atoms with Crippen LogP contribution < -0.4 is 16.4 Å². The maximum Gasteiger partial charge on any atom is 0.319 e. The van der Waals surface area contributed by atoms with Crippen LogP contribution in [0.3, 0.4) is 0 Å². The number of nitrogens with zero attached hydrogens (tertiary/aromatic N) is 1. The first-order valence-electron chi connectivity index (χ1n) is 6.36. The predicted molar refractivity (Wildman–Crippen MR) is 76.1 cm³/mol. The highest BCUT2D eigenvalue weighted by Crippen LogP contribution is 2.14. The van der Waals surface area contributed by atoms with E-state index in [0.29, 0.717) is 17.3 Å². The van der Waals surface area contributed by atoms with Gasteiger partial charge in [0.1, 0.15) is 5.76 Å². The summed E-state index contributed by atoms with van der Waals surface area (Å²) in [5, 5.41) is 5.39. The van der Waals surface area contributed by atoms with E-state index in [-0.39, 0.29) is 18.6 Å². The van der Waals surface area contributed by atoms with Crippen molar-refractivity contribution in [3.8, 4) is 0 Å². The molecule has 4 N–H and O–H groups in total. The van der Waals surface area contributed by atoms with E-state index in [1.165, 1.54) is 0 Å². The number of carbonyl (C=O) groups is 1. The highest BCUT2D eigenvalue weighted by atomic mass is 16.4. The minimum atomic E-state index is -0.311. The van der Waals surface area contributed by atoms with Gasteiger partial charge in [-0.05, 0) is 31.5 Å². The van der Waals surface area contributed by atoms with E-state index >= 15 is 0 Å². The molecule has 2 aromatic rings. The summed E-state index contributed by atoms with van der Waals surface area (Å²) in [5.74, 6) is 1.19. The van der Waals surface area contributed by atoms with Gasteiger partial charge in [0.25, 0.3) is 0 Å². The molecule has 1 aromatic heterocycles. The number of aromatic nitrogens is 1. The Hall–Kier alpha value is -2.34. The van der Waals surface area contributed by atoms with Gasteiger partial charge < -0.3 is 20.8 Å². The highest BCUT2D eigenvalue weighted by molar-refractivity contribution is 5.89. The second-order valence-corrected chi connectivity index (χ2v) is 4.58. The highest BCUT2D eigenvalue weighted by Gasteiger charge is 2.05. The van der Waals surface area contributed by atoms with Gasteiger partial charge in [-0.15, -0.1) is 0 Å². The molecule has 2 rings (SSSR count). The average molecular weight is 274 g/mol. The van der Waals surface area contributed by atoms with Crippen LogP contribution in [-0.2, 0) is 6.54 Å². The Morgan fingerprint density at radius 1 is 1.40 bits per heavy atom. The number of benzene rings is 1. The van der Waals surface area contributed by atoms with Crippen molar-refractivity contribution < 1.29 is 9.21 Å². The molecule has 6 heteroatoms. The molecule has 106 valence electrons. The van der Waals surface area contributed by atoms with Crippen LogP contribution in [0.5, 0.6) is 0 Å². The van der Waals surface area contributed by atoms with Crippen LogP contribution in [0.4, 0.5) is 10.5 Å². The number of hydrogen-bond donors (Lipinski definition) is 3. The number of carbonyl (C=O) groups excluding carboxylic acids is 1. The molecule has 2 amide bonds. The topological polar surface area (TPSA) is 93.2 Å². The van der Waals surface area contributed by atoms with Gasteiger partial charge in [-0.3, -0.25) is 0 Å². The molecule has 0 bridgehead atoms. The lowest BCUT2D eigenvalue weighted by atomic mass is 10.1. The summed E-state index contributed by atoms with van der Waals surface area (Å²) < 4.78 is 5.26. The molecular weight excluding hydrogens is 256 g/mol. The zero-order chi connectivity index (χ0) is 14.5. The summed E-state index contributed by atoms with van der Waals surface area (Å²) in [6.07, 6.45) is 1.61. The van der Waals surface area contributed by atoms with Crippen molar-refractivity contribution in [2.75, 3.05) is 5.32 Å². The van der Waals surface area contributed by atoms with Crippen molar-refractivity contribution in [2.45, 2.75) is 26.4 Å². The summed E-state index contributed by atoms with van der Waals surface area (Å²) in [6, 6.07) is 7.07. The maximum atomic E-state index is 11.7. The van der Waals surface area contributed by atoms with E-state index in [9.17, 15) is 4.79 Å². The van der Waals surface area contributed by atoms with E-state index in [0.717, 1.165) is 5.56 Å². The standard InChI is InChI=1S/C14H18N4O2/c1-9-7-16-13(20-9)8-17-14(19)18-12-5-3-11(4-6-12)10(2)15/h3-7,10H,8,15H2,1-2H3,(H2,17,18,19). The second kappa shape index (κ2) is 6.21. The molecule has 0 saturated heterocycles. The lowest BCUT2D eigenvalue weighted by Gasteiger charge is -2.08. The first-order chi connectivity index (χ1) is 9.54. The molecule has 1 heterocycles. The third-order valence-corrected chi connectivity index (χ3v) is 2.76. The van der Waals surface area contributed by atoms with Crippen LogP contribution >= 0.6 is 0 Å². The van der Waals surface area contributed by atoms with Gasteiger partial charge >= 0.3 is 6.03 Å². The van der Waals surface area contributed by atoms with Gasteiger partial charge in [0.15, 0.2) is 0 Å². The van der Waals surface area contributed by atoms with Crippen molar-refractivity contribution in [2.24, 2.45) is 5.73 Å². The van der Waals surface area contributed by atoms with Crippen molar-refractivity contribution in [3.05, 3.63) is 47.7 Å². The maximum absolute atomic E-state index is 11.7. The van der Waals surface area contributed by atoms with Gasteiger partial charge in [-0.25, -0.2) is 9.78 Å². The van der Waals surface area contributed by atoms with Crippen LogP contribution in [0.15, 0.2) is 34.9 Å². The van der Waals surface area contributed by atoms with Gasteiger partial charge in [0, 0.05) is 11.7 Å². The Balaban J connectivity index is 1.84. The van der Waals surface area contributed by atoms with E-state index < -0.39 is 0 Å². The Bertz CT molecular complexity index is 575. The van der Waals surface area contributed by atoms with Crippen LogP contribution in [0, 0.1) is 6.92 Å². The number of hydrogen-bond acceptors (Lipinski definition) is 4. The molecule has 0 aliphatic heterocycles. The Kier molecular flexibility index (Phi) is 4.37. The molecule has 20 heavy (non-hydrogen) atoms. The number of aryl methyl sites for hydroxylation is 1. The molecule has 0 fully saturated rings. The summed E-state index contributed by atoms with van der Waals surface area (Å²) >= 11 is 0. The van der Waals surface area contributed by atoms with Crippen LogP contribution in [0.1, 0.15) is 30.2 Å². The van der Waals surface area contributed by atoms with E-state index in [1.54, 1.807) is 13.1 Å². The quantitative estimate of drug-likeness (QED) is 0.797. The Morgan fingerprint density at radius 2 is 2.10 bits per heavy atom. The zero-order valence-electron chi connectivity index (χ0n) is 11.5. The minimum Gasteiger partial charge on any atom is -0.444 e. The fraction of sp³-hybridized carbons (Fsp3) is 0.286. The van der Waals surface area contributed by atoms with Crippen LogP contribution in [0.25, 0.3) is 0 Å². The van der Waals surface area contributed by atoms with E-state index in [4.69, 9.17) is 10.2 Å². The number of urea groups is 1. The molecular formula is C14H18N4O2. The fourth-order valence-corrected chi connectivity index (χ4v) is 1.68. The summed E-state index contributed by atoms with van der Waals surface area (Å²) in [5.41, 5.74) is 7.49. The normalized spacial score (nSPS) is 11.9. The van der Waals surface area contributed by atoms with E-state index in [1.807, 2.05) is 31.2 Å². The third kappa shape index (κ3) is 3.83. The van der Waals surface area contributed by atoms with Gasteiger partial charge in [0.2, 0.25) is 5.89 Å². The van der Waals surface area contributed by atoms with Crippen LogP contribution in [-0.4, -0.2) is 11.0 Å². The minimum absolute atomic E-state index is 0.0221. The van der Waals surface area contributed by atoms with Crippen molar-refractivity contribution >= 4 is 11.7 Å². The predicted octanol–water partition coefficient (Wildman–Crippen LogP) is 2.32. The molecule has 0 saturated carbocycles. The van der Waals surface area contributed by atoms with Crippen LogP contribution in [0.2, 0.25) is 0 Å². The Morgan fingerprint density at radius 3 is 2.65 bits per heavy atom. The van der Waals surface area contributed by atoms with Gasteiger partial charge in [-0.1, -0.05) is 12.1 Å². The van der Waals surface area contributed by atoms with Crippen molar-refractivity contribution in [1.82, 2.24) is 10.3 Å². The smallest absolute Gasteiger partial charge is 0.319 e. The SMILES string of the molecule is Cc1cnc(CNC(=O)Nc2ccc(C(C)N)cc2)o1. The fourth-order valence-electron chi connectivity index (χ4n) is 1.68. The second-order valence-electron chi connectivity index (χ2n) is 4.58. The average Bonchev–Trinajstić information content (AvgIpc) is 2.83. The monoisotopic (exact) mass is 274 g/mol. The number of oxazole rings is 1. The number of rotatable bonds is 4. The molecule has 0 radical (unpaired) electrons. The number of anilines is 1. The molecule has 0 aliphatic rings. The largest absolute Gasteiger partial charge is 0.444 e. The first-order valence-corrected chi connectivity index (χ1v) is 6.36. The molecule has 0 spiro atoms. The molecule has 1 unspecified atom stereocenters. The van der Waals surface area contributed by atoms with Crippen molar-refractivity contribution in [3.63, 3.8) is 0 Å². The molecule has 0 aliphatic carbocycles. The number of nitrogens with one attached hydrogen (secondary N) is 2. The summed E-state index contributed by atoms with van der Waals surface area (Å²) in [6.45, 7) is 3.96. The lowest BCUT2D eigenvalue weighted by molar-refractivity contribution is 0.250. The van der Waals surface area contributed by atoms with Gasteiger partial charge in [-0.2, -0.15) is 0 Å². The number of nitrogens with two attached hydrogens (primary N) is 1. The number of amides is 2. The summed E-state index contributed by atoms with van der Waals surface area (Å²) in [4.78, 5) is 15.7.